The van der Waals surface area contributed by atoms with E-state index >= 15 is 0 Å². The summed E-state index contributed by atoms with van der Waals surface area (Å²) in [6, 6.07) is 14.1. The number of hydrogen-bond acceptors (Lipinski definition) is 5. The summed E-state index contributed by atoms with van der Waals surface area (Å²) in [5.41, 5.74) is 2.75. The van der Waals surface area contributed by atoms with Crippen LogP contribution in [0.15, 0.2) is 63.4 Å². The standard InChI is InChI=1S/C16H10BrN3O2S/c17-13-5-3-12(4-6-13)15-10-23-16(19-15)18-9-11-1-7-14(8-2-11)20(21)22/h1-10H. The molecule has 0 aliphatic heterocycles. The molecule has 0 spiro atoms. The minimum Gasteiger partial charge on any atom is -0.258 e. The van der Waals surface area contributed by atoms with E-state index in [2.05, 4.69) is 25.9 Å². The lowest BCUT2D eigenvalue weighted by molar-refractivity contribution is -0.384. The average Bonchev–Trinajstić information content (AvgIpc) is 3.03. The van der Waals surface area contributed by atoms with Crippen LogP contribution in [0, 0.1) is 10.1 Å². The van der Waals surface area contributed by atoms with E-state index in [9.17, 15) is 10.1 Å². The summed E-state index contributed by atoms with van der Waals surface area (Å²) in [5.74, 6) is 0. The molecule has 0 atom stereocenters. The Labute approximate surface area is 144 Å². The molecule has 23 heavy (non-hydrogen) atoms. The van der Waals surface area contributed by atoms with E-state index in [0.29, 0.717) is 5.13 Å². The molecule has 0 amide bonds. The van der Waals surface area contributed by atoms with Crippen molar-refractivity contribution < 1.29 is 4.92 Å². The summed E-state index contributed by atoms with van der Waals surface area (Å²) in [6.45, 7) is 0. The molecular weight excluding hydrogens is 378 g/mol. The molecule has 0 aliphatic rings. The number of nitro groups is 1. The largest absolute Gasteiger partial charge is 0.269 e. The number of aromatic nitrogens is 1. The third-order valence-corrected chi connectivity index (χ3v) is 4.34. The fourth-order valence-electron chi connectivity index (χ4n) is 1.89. The van der Waals surface area contributed by atoms with Crippen LogP contribution in [-0.2, 0) is 0 Å². The van der Waals surface area contributed by atoms with Gasteiger partial charge in [-0.2, -0.15) is 0 Å². The Morgan fingerprint density at radius 2 is 1.83 bits per heavy atom. The van der Waals surface area contributed by atoms with Gasteiger partial charge in [0.05, 0.1) is 10.6 Å². The number of nitrogens with zero attached hydrogens (tertiary/aromatic N) is 3. The minimum absolute atomic E-state index is 0.0638. The number of thiazole rings is 1. The van der Waals surface area contributed by atoms with Crippen LogP contribution >= 0.6 is 27.3 Å². The highest BCUT2D eigenvalue weighted by molar-refractivity contribution is 9.10. The number of halogens is 1. The Kier molecular flexibility index (Phi) is 4.59. The van der Waals surface area contributed by atoms with Crippen molar-refractivity contribution in [2.75, 3.05) is 0 Å². The number of hydrogen-bond donors (Lipinski definition) is 0. The summed E-state index contributed by atoms with van der Waals surface area (Å²) < 4.78 is 1.02. The maximum Gasteiger partial charge on any atom is 0.269 e. The zero-order valence-corrected chi connectivity index (χ0v) is 14.1. The summed E-state index contributed by atoms with van der Waals surface area (Å²) in [7, 11) is 0. The van der Waals surface area contributed by atoms with Crippen molar-refractivity contribution in [3.05, 3.63) is 74.1 Å². The lowest BCUT2D eigenvalue weighted by Crippen LogP contribution is -1.88. The molecule has 0 aliphatic carbocycles. The molecule has 0 fully saturated rings. The SMILES string of the molecule is O=[N+]([O-])c1ccc(C=Nc2nc(-c3ccc(Br)cc3)cs2)cc1. The molecule has 0 N–H and O–H groups in total. The highest BCUT2D eigenvalue weighted by Gasteiger charge is 2.04. The molecule has 1 aromatic heterocycles. The summed E-state index contributed by atoms with van der Waals surface area (Å²) >= 11 is 4.85. The monoisotopic (exact) mass is 387 g/mol. The molecule has 0 bridgehead atoms. The zero-order valence-electron chi connectivity index (χ0n) is 11.7. The second-order valence-electron chi connectivity index (χ2n) is 4.63. The van der Waals surface area contributed by atoms with Crippen molar-refractivity contribution in [3.63, 3.8) is 0 Å². The lowest BCUT2D eigenvalue weighted by atomic mass is 10.2. The molecule has 0 radical (unpaired) electrons. The van der Waals surface area contributed by atoms with Crippen LogP contribution in [0.3, 0.4) is 0 Å². The van der Waals surface area contributed by atoms with Gasteiger partial charge in [-0.3, -0.25) is 10.1 Å². The molecule has 2 aromatic carbocycles. The highest BCUT2D eigenvalue weighted by atomic mass is 79.9. The Hall–Kier alpha value is -2.38. The summed E-state index contributed by atoms with van der Waals surface area (Å²) in [6.07, 6.45) is 1.65. The van der Waals surface area contributed by atoms with Gasteiger partial charge in [-0.15, -0.1) is 11.3 Å². The van der Waals surface area contributed by atoms with Crippen molar-refractivity contribution >= 4 is 44.3 Å². The molecule has 3 rings (SSSR count). The van der Waals surface area contributed by atoms with Gasteiger partial charge in [0, 0.05) is 33.8 Å². The quantitative estimate of drug-likeness (QED) is 0.349. The Morgan fingerprint density at radius 1 is 1.13 bits per heavy atom. The fraction of sp³-hybridized carbons (Fsp3) is 0. The first kappa shape index (κ1) is 15.5. The Morgan fingerprint density at radius 3 is 2.48 bits per heavy atom. The van der Waals surface area contributed by atoms with Gasteiger partial charge >= 0.3 is 0 Å². The first-order valence-electron chi connectivity index (χ1n) is 6.62. The molecule has 0 saturated carbocycles. The van der Waals surface area contributed by atoms with Gasteiger partial charge in [0.15, 0.2) is 0 Å². The predicted molar refractivity (Wildman–Crippen MR) is 95.6 cm³/mol. The first-order valence-corrected chi connectivity index (χ1v) is 8.29. The number of rotatable bonds is 4. The van der Waals surface area contributed by atoms with Crippen molar-refractivity contribution in [1.29, 1.82) is 0 Å². The maximum atomic E-state index is 10.6. The van der Waals surface area contributed by atoms with Crippen LogP contribution < -0.4 is 0 Å². The van der Waals surface area contributed by atoms with Crippen molar-refractivity contribution in [3.8, 4) is 11.3 Å². The van der Waals surface area contributed by atoms with Crippen molar-refractivity contribution in [2.45, 2.75) is 0 Å². The normalized spacial score (nSPS) is 11.0. The molecular formula is C16H10BrN3O2S. The highest BCUT2D eigenvalue weighted by Crippen LogP contribution is 2.27. The molecule has 114 valence electrons. The second-order valence-corrected chi connectivity index (χ2v) is 6.38. The first-order chi connectivity index (χ1) is 11.1. The molecule has 0 unspecified atom stereocenters. The Balaban J connectivity index is 1.75. The average molecular weight is 388 g/mol. The van der Waals surface area contributed by atoms with E-state index in [0.717, 1.165) is 21.3 Å². The van der Waals surface area contributed by atoms with Crippen LogP contribution in [0.1, 0.15) is 5.56 Å². The minimum atomic E-state index is -0.424. The van der Waals surface area contributed by atoms with Gasteiger partial charge in [0.25, 0.3) is 5.69 Å². The van der Waals surface area contributed by atoms with Crippen molar-refractivity contribution in [1.82, 2.24) is 4.98 Å². The van der Waals surface area contributed by atoms with Gasteiger partial charge in [-0.1, -0.05) is 28.1 Å². The number of benzene rings is 2. The summed E-state index contributed by atoms with van der Waals surface area (Å²) in [5, 5.41) is 13.2. The third kappa shape index (κ3) is 3.88. The molecule has 5 nitrogen and oxygen atoms in total. The third-order valence-electron chi connectivity index (χ3n) is 3.06. The van der Waals surface area contributed by atoms with E-state index in [-0.39, 0.29) is 5.69 Å². The summed E-state index contributed by atoms with van der Waals surface area (Å²) in [4.78, 5) is 19.0. The van der Waals surface area contributed by atoms with Crippen LogP contribution in [-0.4, -0.2) is 16.1 Å². The zero-order chi connectivity index (χ0) is 16.2. The van der Waals surface area contributed by atoms with Crippen LogP contribution in [0.5, 0.6) is 0 Å². The van der Waals surface area contributed by atoms with E-state index < -0.39 is 4.92 Å². The van der Waals surface area contributed by atoms with Gasteiger partial charge in [0.2, 0.25) is 5.13 Å². The van der Waals surface area contributed by atoms with Crippen LogP contribution in [0.4, 0.5) is 10.8 Å². The number of nitro benzene ring substituents is 1. The van der Waals surface area contributed by atoms with Crippen molar-refractivity contribution in [2.24, 2.45) is 4.99 Å². The van der Waals surface area contributed by atoms with Gasteiger partial charge in [-0.25, -0.2) is 9.98 Å². The lowest BCUT2D eigenvalue weighted by Gasteiger charge is -1.95. The maximum absolute atomic E-state index is 10.6. The molecule has 7 heteroatoms. The molecule has 0 saturated heterocycles. The predicted octanol–water partition coefficient (Wildman–Crippen LogP) is 5.23. The molecule has 1 heterocycles. The van der Waals surface area contributed by atoms with E-state index in [1.807, 2.05) is 29.6 Å². The topological polar surface area (TPSA) is 68.4 Å². The van der Waals surface area contributed by atoms with Crippen LogP contribution in [0.2, 0.25) is 0 Å². The second kappa shape index (κ2) is 6.80. The van der Waals surface area contributed by atoms with E-state index in [1.54, 1.807) is 18.3 Å². The fourth-order valence-corrected chi connectivity index (χ4v) is 2.82. The number of aliphatic imine (C=N–C) groups is 1. The van der Waals surface area contributed by atoms with Gasteiger partial charge in [-0.05, 0) is 29.8 Å². The molecule has 3 aromatic rings. The van der Waals surface area contributed by atoms with Gasteiger partial charge in [0.1, 0.15) is 0 Å². The smallest absolute Gasteiger partial charge is 0.258 e. The van der Waals surface area contributed by atoms with E-state index in [4.69, 9.17) is 0 Å². The van der Waals surface area contributed by atoms with Gasteiger partial charge < -0.3 is 0 Å². The van der Waals surface area contributed by atoms with Crippen LogP contribution in [0.25, 0.3) is 11.3 Å². The Bertz CT molecular complexity index is 858. The van der Waals surface area contributed by atoms with E-state index in [1.165, 1.54) is 23.5 Å². The number of non-ortho nitro benzene ring substituents is 1.